The summed E-state index contributed by atoms with van der Waals surface area (Å²) in [7, 11) is 0. The molecule has 11 heteroatoms. The van der Waals surface area contributed by atoms with Crippen LogP contribution in [0.4, 0.5) is 0 Å². The highest BCUT2D eigenvalue weighted by Crippen LogP contribution is 2.28. The van der Waals surface area contributed by atoms with Crippen molar-refractivity contribution in [3.63, 3.8) is 0 Å². The van der Waals surface area contributed by atoms with Gasteiger partial charge in [0.15, 0.2) is 0 Å². The van der Waals surface area contributed by atoms with E-state index in [2.05, 4.69) is 23.3 Å². The van der Waals surface area contributed by atoms with Gasteiger partial charge in [-0.2, -0.15) is 12.6 Å². The minimum Gasteiger partial charge on any atom is -0.480 e. The molecule has 10 nitrogen and oxygen atoms in total. The molecule has 1 heterocycles. The minimum absolute atomic E-state index is 0.137. The van der Waals surface area contributed by atoms with Gasteiger partial charge in [-0.05, 0) is 23.0 Å². The minimum atomic E-state index is -1.30. The molecule has 0 fully saturated rings. The lowest BCUT2D eigenvalue weighted by atomic mass is 9.84. The van der Waals surface area contributed by atoms with E-state index in [0.717, 1.165) is 11.1 Å². The van der Waals surface area contributed by atoms with Gasteiger partial charge in [-0.3, -0.25) is 14.4 Å². The molecule has 1 aromatic rings. The van der Waals surface area contributed by atoms with Crippen LogP contribution >= 0.6 is 12.6 Å². The monoisotopic (exact) mass is 507 g/mol. The van der Waals surface area contributed by atoms with Crippen LogP contribution < -0.4 is 22.1 Å². The van der Waals surface area contributed by atoms with Crippen molar-refractivity contribution in [1.29, 1.82) is 0 Å². The molecule has 1 aromatic carbocycles. The van der Waals surface area contributed by atoms with E-state index < -0.39 is 41.3 Å². The second kappa shape index (κ2) is 12.4. The van der Waals surface area contributed by atoms with Crippen molar-refractivity contribution >= 4 is 36.3 Å². The molecule has 0 bridgehead atoms. The van der Waals surface area contributed by atoms with E-state index in [1.54, 1.807) is 0 Å². The Labute approximate surface area is 211 Å². The summed E-state index contributed by atoms with van der Waals surface area (Å²) < 4.78 is 0. The van der Waals surface area contributed by atoms with Crippen LogP contribution in [0.2, 0.25) is 0 Å². The lowest BCUT2D eigenvalue weighted by Gasteiger charge is -2.41. The molecular formula is C24H37N5O5S. The van der Waals surface area contributed by atoms with Crippen molar-refractivity contribution in [3.05, 3.63) is 35.4 Å². The van der Waals surface area contributed by atoms with Crippen LogP contribution in [0.1, 0.15) is 44.7 Å². The molecule has 0 aromatic heterocycles. The lowest BCUT2D eigenvalue weighted by molar-refractivity contribution is -0.147. The van der Waals surface area contributed by atoms with Gasteiger partial charge in [0.2, 0.25) is 17.7 Å². The molecule has 0 unspecified atom stereocenters. The molecule has 3 amide bonds. The number of fused-ring (bicyclic) bond motifs is 1. The number of carbonyl (C=O) groups excluding carboxylic acids is 3. The number of nitrogens with one attached hydrogen (secondary N) is 2. The molecule has 194 valence electrons. The van der Waals surface area contributed by atoms with E-state index >= 15 is 0 Å². The Balaban J connectivity index is 2.35. The van der Waals surface area contributed by atoms with Gasteiger partial charge in [0.05, 0.1) is 6.04 Å². The number of hydrogen-bond donors (Lipinski definition) is 6. The standard InChI is InChI=1S/C24H37N5O5S/c1-24(2,3)20(27-11-16(25)13-35)22(32)29-12-15-7-5-4-6-14(15)10-18(29)21(31)28-17(23(33)34)8-9-19(26)30/h4-7,16-18,20,27,35H,8-13,25H2,1-3H3,(H2,26,30)(H,28,31)(H,33,34)/t16-,17+,18+,20-/m1/s1. The Morgan fingerprint density at radius 1 is 1.20 bits per heavy atom. The highest BCUT2D eigenvalue weighted by molar-refractivity contribution is 7.80. The van der Waals surface area contributed by atoms with Gasteiger partial charge in [-0.1, -0.05) is 45.0 Å². The molecule has 35 heavy (non-hydrogen) atoms. The number of aliphatic carboxylic acids is 1. The largest absolute Gasteiger partial charge is 0.480 e. The second-order valence-electron chi connectivity index (χ2n) is 10.0. The van der Waals surface area contributed by atoms with Crippen LogP contribution in [0.15, 0.2) is 24.3 Å². The van der Waals surface area contributed by atoms with Gasteiger partial charge in [-0.25, -0.2) is 4.79 Å². The van der Waals surface area contributed by atoms with Crippen LogP contribution in [0.3, 0.4) is 0 Å². The highest BCUT2D eigenvalue weighted by Gasteiger charge is 2.41. The van der Waals surface area contributed by atoms with Gasteiger partial charge in [-0.15, -0.1) is 0 Å². The van der Waals surface area contributed by atoms with Gasteiger partial charge < -0.3 is 32.1 Å². The first kappa shape index (κ1) is 28.6. The van der Waals surface area contributed by atoms with Crippen molar-refractivity contribution in [2.24, 2.45) is 16.9 Å². The maximum atomic E-state index is 13.9. The highest BCUT2D eigenvalue weighted by atomic mass is 32.1. The van der Waals surface area contributed by atoms with E-state index in [1.165, 1.54) is 4.90 Å². The fourth-order valence-electron chi connectivity index (χ4n) is 4.06. The molecule has 2 rings (SSSR count). The zero-order chi connectivity index (χ0) is 26.3. The van der Waals surface area contributed by atoms with Gasteiger partial charge in [0.1, 0.15) is 12.1 Å². The summed E-state index contributed by atoms with van der Waals surface area (Å²) in [5, 5.41) is 15.3. The van der Waals surface area contributed by atoms with Crippen LogP contribution in [0.5, 0.6) is 0 Å². The second-order valence-corrected chi connectivity index (χ2v) is 10.4. The molecule has 0 saturated carbocycles. The summed E-state index contributed by atoms with van der Waals surface area (Å²) in [4.78, 5) is 51.5. The van der Waals surface area contributed by atoms with E-state index in [0.29, 0.717) is 12.3 Å². The Bertz CT molecular complexity index is 935. The fraction of sp³-hybridized carbons (Fsp3) is 0.583. The summed E-state index contributed by atoms with van der Waals surface area (Å²) in [6.45, 7) is 6.34. The number of carbonyl (C=O) groups is 4. The van der Waals surface area contributed by atoms with Crippen molar-refractivity contribution in [1.82, 2.24) is 15.5 Å². The van der Waals surface area contributed by atoms with Crippen LogP contribution in [0, 0.1) is 5.41 Å². The average molecular weight is 508 g/mol. The third-order valence-electron chi connectivity index (χ3n) is 6.06. The normalized spacial score (nSPS) is 18.2. The summed E-state index contributed by atoms with van der Waals surface area (Å²) in [6, 6.07) is 4.43. The summed E-state index contributed by atoms with van der Waals surface area (Å²) in [6.07, 6.45) is -0.0841. The summed E-state index contributed by atoms with van der Waals surface area (Å²) in [5.41, 5.74) is 12.5. The van der Waals surface area contributed by atoms with Gasteiger partial charge in [0.25, 0.3) is 0 Å². The molecule has 0 radical (unpaired) electrons. The Morgan fingerprint density at radius 2 is 1.83 bits per heavy atom. The topological polar surface area (TPSA) is 168 Å². The number of thiol groups is 1. The molecule has 0 saturated heterocycles. The predicted octanol–water partition coefficient (Wildman–Crippen LogP) is 0.0362. The first-order chi connectivity index (χ1) is 16.3. The molecule has 1 aliphatic heterocycles. The maximum Gasteiger partial charge on any atom is 0.326 e. The zero-order valence-corrected chi connectivity index (χ0v) is 21.4. The van der Waals surface area contributed by atoms with Crippen LogP contribution in [-0.4, -0.2) is 70.2 Å². The number of amides is 3. The Morgan fingerprint density at radius 3 is 2.37 bits per heavy atom. The molecule has 7 N–H and O–H groups in total. The van der Waals surface area contributed by atoms with E-state index in [-0.39, 0.29) is 37.8 Å². The van der Waals surface area contributed by atoms with Crippen molar-refractivity contribution in [2.45, 2.75) is 70.7 Å². The van der Waals surface area contributed by atoms with Crippen LogP contribution in [-0.2, 0) is 32.1 Å². The van der Waals surface area contributed by atoms with Crippen molar-refractivity contribution in [2.75, 3.05) is 12.3 Å². The number of hydrogen-bond acceptors (Lipinski definition) is 7. The summed E-state index contributed by atoms with van der Waals surface area (Å²) in [5.74, 6) is -2.36. The fourth-order valence-corrected chi connectivity index (χ4v) is 4.19. The lowest BCUT2D eigenvalue weighted by Crippen LogP contribution is -2.61. The predicted molar refractivity (Wildman–Crippen MR) is 136 cm³/mol. The number of nitrogens with two attached hydrogens (primary N) is 2. The van der Waals surface area contributed by atoms with E-state index in [9.17, 15) is 24.3 Å². The van der Waals surface area contributed by atoms with E-state index in [4.69, 9.17) is 11.5 Å². The van der Waals surface area contributed by atoms with Crippen molar-refractivity contribution in [3.8, 4) is 0 Å². The number of benzene rings is 1. The van der Waals surface area contributed by atoms with Crippen LogP contribution in [0.25, 0.3) is 0 Å². The number of carboxylic acids is 1. The Hall–Kier alpha value is -2.63. The van der Waals surface area contributed by atoms with Gasteiger partial charge in [0, 0.05) is 37.7 Å². The van der Waals surface area contributed by atoms with Crippen molar-refractivity contribution < 1.29 is 24.3 Å². The number of rotatable bonds is 11. The molecule has 0 spiro atoms. The zero-order valence-electron chi connectivity index (χ0n) is 20.5. The average Bonchev–Trinajstić information content (AvgIpc) is 2.79. The summed E-state index contributed by atoms with van der Waals surface area (Å²) >= 11 is 4.20. The quantitative estimate of drug-likeness (QED) is 0.230. The third kappa shape index (κ3) is 7.94. The molecule has 0 aliphatic carbocycles. The third-order valence-corrected chi connectivity index (χ3v) is 6.53. The van der Waals surface area contributed by atoms with Gasteiger partial charge >= 0.3 is 5.97 Å². The van der Waals surface area contributed by atoms with E-state index in [1.807, 2.05) is 45.0 Å². The number of nitrogens with zero attached hydrogens (tertiary/aromatic N) is 1. The SMILES string of the molecule is CC(C)(C)[C@H](NC[C@@H](N)CS)C(=O)N1Cc2ccccc2C[C@H]1C(=O)N[C@@H](CCC(N)=O)C(=O)O. The number of carboxylic acid groups (broad SMARTS) is 1. The molecular weight excluding hydrogens is 470 g/mol. The smallest absolute Gasteiger partial charge is 0.326 e. The first-order valence-corrected chi connectivity index (χ1v) is 12.3. The maximum absolute atomic E-state index is 13.9. The number of primary amides is 1. The molecule has 4 atom stereocenters. The first-order valence-electron chi connectivity index (χ1n) is 11.6. The molecule has 1 aliphatic rings. The Kier molecular flexibility index (Phi) is 10.1.